The highest BCUT2D eigenvalue weighted by molar-refractivity contribution is 5.79. The second-order valence-corrected chi connectivity index (χ2v) is 5.15. The van der Waals surface area contributed by atoms with E-state index in [9.17, 15) is 9.59 Å². The molecule has 1 aromatic carbocycles. The molecule has 0 saturated heterocycles. The van der Waals surface area contributed by atoms with Crippen molar-refractivity contribution in [2.75, 3.05) is 13.1 Å². The molecule has 1 rings (SSSR count). The number of benzene rings is 1. The second-order valence-electron chi connectivity index (χ2n) is 5.15. The van der Waals surface area contributed by atoms with E-state index in [0.717, 1.165) is 5.56 Å². The van der Waals surface area contributed by atoms with Crippen LogP contribution in [-0.2, 0) is 16.1 Å². The lowest BCUT2D eigenvalue weighted by atomic mass is 10.1. The molecule has 0 heterocycles. The Morgan fingerprint density at radius 3 is 2.30 bits per heavy atom. The fourth-order valence-electron chi connectivity index (χ4n) is 1.74. The van der Waals surface area contributed by atoms with E-state index in [1.807, 2.05) is 45.0 Å². The van der Waals surface area contributed by atoms with E-state index in [1.54, 1.807) is 4.90 Å². The molecule has 0 saturated carbocycles. The Labute approximate surface area is 119 Å². The van der Waals surface area contributed by atoms with Gasteiger partial charge in [-0.3, -0.25) is 14.5 Å². The average Bonchev–Trinajstić information content (AvgIpc) is 2.36. The predicted molar refractivity (Wildman–Crippen MR) is 77.4 cm³/mol. The van der Waals surface area contributed by atoms with Gasteiger partial charge in [0.15, 0.2) is 0 Å². The first kappa shape index (κ1) is 16.2. The summed E-state index contributed by atoms with van der Waals surface area (Å²) in [6, 6.07) is 7.93. The van der Waals surface area contributed by atoms with Crippen LogP contribution in [0.15, 0.2) is 24.3 Å². The minimum atomic E-state index is -0.926. The maximum atomic E-state index is 11.8. The summed E-state index contributed by atoms with van der Waals surface area (Å²) in [5, 5.41) is 11.6. The molecule has 0 unspecified atom stereocenters. The van der Waals surface area contributed by atoms with E-state index < -0.39 is 5.97 Å². The molecule has 0 aliphatic rings. The Morgan fingerprint density at radius 2 is 1.80 bits per heavy atom. The van der Waals surface area contributed by atoms with Crippen molar-refractivity contribution in [3.8, 4) is 0 Å². The van der Waals surface area contributed by atoms with Crippen molar-refractivity contribution in [3.63, 3.8) is 0 Å². The topological polar surface area (TPSA) is 69.6 Å². The highest BCUT2D eigenvalue weighted by Gasteiger charge is 2.16. The smallest absolute Gasteiger partial charge is 0.317 e. The van der Waals surface area contributed by atoms with Crippen LogP contribution in [-0.4, -0.2) is 41.0 Å². The Bertz CT molecular complexity index is 455. The number of amides is 1. The van der Waals surface area contributed by atoms with Gasteiger partial charge in [0, 0.05) is 12.6 Å². The second kappa shape index (κ2) is 7.65. The minimum absolute atomic E-state index is 0.0104. The molecule has 5 heteroatoms. The molecule has 0 radical (unpaired) electrons. The van der Waals surface area contributed by atoms with Gasteiger partial charge in [0.1, 0.15) is 0 Å². The number of aryl methyl sites for hydroxylation is 1. The van der Waals surface area contributed by atoms with Crippen LogP contribution in [0.1, 0.15) is 25.0 Å². The number of aliphatic carboxylic acids is 1. The number of carbonyl (C=O) groups is 2. The van der Waals surface area contributed by atoms with E-state index in [4.69, 9.17) is 5.11 Å². The molecular weight excluding hydrogens is 256 g/mol. The molecular formula is C15H22N2O3. The summed E-state index contributed by atoms with van der Waals surface area (Å²) in [5.41, 5.74) is 2.20. The van der Waals surface area contributed by atoms with E-state index >= 15 is 0 Å². The third kappa shape index (κ3) is 5.84. The van der Waals surface area contributed by atoms with Crippen molar-refractivity contribution < 1.29 is 14.7 Å². The molecule has 110 valence electrons. The number of carboxylic acid groups (broad SMARTS) is 1. The van der Waals surface area contributed by atoms with Crippen molar-refractivity contribution in [1.29, 1.82) is 0 Å². The maximum Gasteiger partial charge on any atom is 0.317 e. The van der Waals surface area contributed by atoms with Crippen LogP contribution in [0.3, 0.4) is 0 Å². The maximum absolute atomic E-state index is 11.8. The Morgan fingerprint density at radius 1 is 1.20 bits per heavy atom. The Hall–Kier alpha value is -1.88. The molecule has 0 aromatic heterocycles. The van der Waals surface area contributed by atoms with Crippen LogP contribution in [0.2, 0.25) is 0 Å². The van der Waals surface area contributed by atoms with Crippen molar-refractivity contribution in [3.05, 3.63) is 35.4 Å². The Balaban J connectivity index is 2.45. The van der Waals surface area contributed by atoms with E-state index in [-0.39, 0.29) is 25.0 Å². The van der Waals surface area contributed by atoms with Crippen LogP contribution in [0, 0.1) is 6.92 Å². The molecule has 1 amide bonds. The van der Waals surface area contributed by atoms with Gasteiger partial charge in [-0.15, -0.1) is 0 Å². The fraction of sp³-hybridized carbons (Fsp3) is 0.467. The third-order valence-electron chi connectivity index (χ3n) is 3.03. The SMILES string of the molecule is Cc1ccc(CNC(=O)CN(CC(=O)O)C(C)C)cc1. The number of carboxylic acids is 1. The van der Waals surface area contributed by atoms with Gasteiger partial charge in [0.05, 0.1) is 13.1 Å². The largest absolute Gasteiger partial charge is 0.480 e. The van der Waals surface area contributed by atoms with Gasteiger partial charge < -0.3 is 10.4 Å². The van der Waals surface area contributed by atoms with E-state index in [2.05, 4.69) is 5.32 Å². The molecule has 0 aliphatic carbocycles. The zero-order chi connectivity index (χ0) is 15.1. The molecule has 0 spiro atoms. The number of hydrogen-bond acceptors (Lipinski definition) is 3. The van der Waals surface area contributed by atoms with Crippen molar-refractivity contribution in [1.82, 2.24) is 10.2 Å². The van der Waals surface area contributed by atoms with Crippen LogP contribution >= 0.6 is 0 Å². The summed E-state index contributed by atoms with van der Waals surface area (Å²) >= 11 is 0. The quantitative estimate of drug-likeness (QED) is 0.791. The van der Waals surface area contributed by atoms with Crippen LogP contribution in [0.4, 0.5) is 0 Å². The molecule has 5 nitrogen and oxygen atoms in total. The van der Waals surface area contributed by atoms with Crippen LogP contribution in [0.5, 0.6) is 0 Å². The van der Waals surface area contributed by atoms with Crippen molar-refractivity contribution in [2.24, 2.45) is 0 Å². The van der Waals surface area contributed by atoms with E-state index in [1.165, 1.54) is 5.56 Å². The first-order chi connectivity index (χ1) is 9.38. The first-order valence-electron chi connectivity index (χ1n) is 6.66. The number of rotatable bonds is 7. The van der Waals surface area contributed by atoms with Gasteiger partial charge in [-0.2, -0.15) is 0 Å². The lowest BCUT2D eigenvalue weighted by Crippen LogP contribution is -2.43. The van der Waals surface area contributed by atoms with Gasteiger partial charge in [-0.05, 0) is 26.3 Å². The van der Waals surface area contributed by atoms with Gasteiger partial charge in [0.2, 0.25) is 5.91 Å². The minimum Gasteiger partial charge on any atom is -0.480 e. The molecule has 0 fully saturated rings. The standard InChI is InChI=1S/C15H22N2O3/c1-11(2)17(10-15(19)20)9-14(18)16-8-13-6-4-12(3)5-7-13/h4-7,11H,8-10H2,1-3H3,(H,16,18)(H,19,20). The highest BCUT2D eigenvalue weighted by Crippen LogP contribution is 2.03. The average molecular weight is 278 g/mol. The lowest BCUT2D eigenvalue weighted by Gasteiger charge is -2.23. The van der Waals surface area contributed by atoms with Crippen molar-refractivity contribution >= 4 is 11.9 Å². The monoisotopic (exact) mass is 278 g/mol. The van der Waals surface area contributed by atoms with Gasteiger partial charge >= 0.3 is 5.97 Å². The fourth-order valence-corrected chi connectivity index (χ4v) is 1.74. The highest BCUT2D eigenvalue weighted by atomic mass is 16.4. The first-order valence-corrected chi connectivity index (χ1v) is 6.66. The summed E-state index contributed by atoms with van der Waals surface area (Å²) in [6.45, 7) is 6.17. The van der Waals surface area contributed by atoms with Gasteiger partial charge in [-0.25, -0.2) is 0 Å². The number of nitrogens with zero attached hydrogens (tertiary/aromatic N) is 1. The normalized spacial score (nSPS) is 10.8. The number of carbonyl (C=O) groups excluding carboxylic acids is 1. The number of nitrogens with one attached hydrogen (secondary N) is 1. The summed E-state index contributed by atoms with van der Waals surface area (Å²) in [6.07, 6.45) is 0. The molecule has 2 N–H and O–H groups in total. The zero-order valence-corrected chi connectivity index (χ0v) is 12.2. The van der Waals surface area contributed by atoms with Crippen LogP contribution in [0.25, 0.3) is 0 Å². The van der Waals surface area contributed by atoms with Gasteiger partial charge in [0.25, 0.3) is 0 Å². The Kier molecular flexibility index (Phi) is 6.18. The predicted octanol–water partition coefficient (Wildman–Crippen LogP) is 1.41. The molecule has 0 aliphatic heterocycles. The molecule has 1 aromatic rings. The molecule has 0 bridgehead atoms. The molecule has 20 heavy (non-hydrogen) atoms. The van der Waals surface area contributed by atoms with Crippen molar-refractivity contribution in [2.45, 2.75) is 33.4 Å². The summed E-state index contributed by atoms with van der Waals surface area (Å²) in [5.74, 6) is -1.09. The molecule has 0 atom stereocenters. The summed E-state index contributed by atoms with van der Waals surface area (Å²) in [7, 11) is 0. The van der Waals surface area contributed by atoms with Crippen LogP contribution < -0.4 is 5.32 Å². The number of hydrogen-bond donors (Lipinski definition) is 2. The summed E-state index contributed by atoms with van der Waals surface area (Å²) in [4.78, 5) is 24.2. The lowest BCUT2D eigenvalue weighted by molar-refractivity contribution is -0.139. The van der Waals surface area contributed by atoms with Gasteiger partial charge in [-0.1, -0.05) is 29.8 Å². The summed E-state index contributed by atoms with van der Waals surface area (Å²) < 4.78 is 0. The third-order valence-corrected chi connectivity index (χ3v) is 3.03. The van der Waals surface area contributed by atoms with E-state index in [0.29, 0.717) is 6.54 Å². The zero-order valence-electron chi connectivity index (χ0n) is 12.2.